The van der Waals surface area contributed by atoms with E-state index in [9.17, 15) is 38.2 Å². The van der Waals surface area contributed by atoms with Crippen LogP contribution in [0.2, 0.25) is 0 Å². The molecule has 0 saturated heterocycles. The molecule has 0 aliphatic carbocycles. The minimum absolute atomic E-state index is 0. The summed E-state index contributed by atoms with van der Waals surface area (Å²) in [5.41, 5.74) is 0.788. The van der Waals surface area contributed by atoms with Crippen molar-refractivity contribution >= 4 is 56.6 Å². The van der Waals surface area contributed by atoms with Gasteiger partial charge in [-0.25, -0.2) is 0 Å². The van der Waals surface area contributed by atoms with Crippen LogP contribution in [0.3, 0.4) is 0 Å². The average molecular weight is 755 g/mol. The average Bonchev–Trinajstić information content (AvgIpc) is 3.08. The Balaban J connectivity index is 0.0000250. The quantitative estimate of drug-likeness (QED) is 0.0202. The van der Waals surface area contributed by atoms with Gasteiger partial charge in [-0.2, -0.15) is 0 Å². The molecule has 0 radical (unpaired) electrons. The molecule has 1 rings (SSSR count). The molecule has 3 N–H and O–H groups in total. The van der Waals surface area contributed by atoms with E-state index in [1.54, 1.807) is 12.1 Å². The first-order valence-electron chi connectivity index (χ1n) is 15.7. The number of carbonyl (C=O) groups excluding carboxylic acids is 6. The number of unbranched alkanes of at least 4 members (excludes halogenated alkanes) is 2. The number of hydrogen-bond acceptors (Lipinski definition) is 17. The number of hydrogen-bond donors (Lipinski definition) is 3. The molecule has 0 heterocycles. The molecule has 1 aromatic rings. The molecule has 0 aliphatic rings. The summed E-state index contributed by atoms with van der Waals surface area (Å²) in [4.78, 5) is 80.2. The van der Waals surface area contributed by atoms with Gasteiger partial charge in [0, 0.05) is 38.0 Å². The number of carbonyl (C=O) groups is 6. The maximum Gasteiger partial charge on any atom is 1.00 e. The third-order valence-electron chi connectivity index (χ3n) is 6.46. The van der Waals surface area contributed by atoms with Crippen molar-refractivity contribution in [3.8, 4) is 0 Å². The van der Waals surface area contributed by atoms with Crippen molar-refractivity contribution in [2.45, 2.75) is 51.0 Å². The molecule has 0 fully saturated rings. The van der Waals surface area contributed by atoms with Crippen LogP contribution in [0.4, 0.5) is 0 Å². The van der Waals surface area contributed by atoms with Gasteiger partial charge in [0.05, 0.1) is 26.4 Å². The zero-order valence-electron chi connectivity index (χ0n) is 28.6. The van der Waals surface area contributed by atoms with Gasteiger partial charge >= 0.3 is 36.7 Å². The summed E-state index contributed by atoms with van der Waals surface area (Å²) in [6.45, 7) is -1.71. The third kappa shape index (κ3) is 26.1. The first-order valence-corrected chi connectivity index (χ1v) is 17.2. The normalized spacial score (nSPS) is 12.5. The monoisotopic (exact) mass is 755 g/mol. The van der Waals surface area contributed by atoms with Crippen molar-refractivity contribution in [1.82, 2.24) is 5.32 Å². The predicted octanol–water partition coefficient (Wildman–Crippen LogP) is -4.20. The van der Waals surface area contributed by atoms with Crippen LogP contribution in [-0.4, -0.2) is 125 Å². The van der Waals surface area contributed by atoms with E-state index in [2.05, 4.69) is 23.8 Å². The molecular formula is C30H44BNNaO17P. The Morgan fingerprint density at radius 1 is 0.784 bits per heavy atom. The van der Waals surface area contributed by atoms with Crippen LogP contribution in [0.25, 0.3) is 0 Å². The Labute approximate surface area is 318 Å². The molecule has 0 aromatic heterocycles. The summed E-state index contributed by atoms with van der Waals surface area (Å²) in [7, 11) is -6.37. The number of ether oxygens (including phenoxy) is 5. The second-order valence-corrected chi connectivity index (χ2v) is 11.9. The van der Waals surface area contributed by atoms with Gasteiger partial charge < -0.3 is 53.0 Å². The topological polar surface area (TPSA) is 260 Å². The van der Waals surface area contributed by atoms with E-state index in [4.69, 9.17) is 24.3 Å². The summed E-state index contributed by atoms with van der Waals surface area (Å²) in [5, 5.41) is 20.6. The zero-order valence-corrected chi connectivity index (χ0v) is 31.5. The molecule has 280 valence electrons. The van der Waals surface area contributed by atoms with E-state index >= 15 is 0 Å². The number of phosphoric acid groups is 1. The van der Waals surface area contributed by atoms with Crippen molar-refractivity contribution in [2.75, 3.05) is 66.0 Å². The number of amides is 1. The van der Waals surface area contributed by atoms with Crippen LogP contribution in [-0.2, 0) is 61.3 Å². The van der Waals surface area contributed by atoms with E-state index in [1.807, 2.05) is 0 Å². The van der Waals surface area contributed by atoms with Gasteiger partial charge in [0.25, 0.3) is 20.8 Å². The molecule has 21 heteroatoms. The molecule has 0 bridgehead atoms. The van der Waals surface area contributed by atoms with Crippen molar-refractivity contribution in [2.24, 2.45) is 0 Å². The van der Waals surface area contributed by atoms with Gasteiger partial charge in [0.2, 0.25) is 5.91 Å². The fourth-order valence-corrected chi connectivity index (χ4v) is 4.65. The van der Waals surface area contributed by atoms with E-state index in [1.165, 1.54) is 12.1 Å². The molecule has 1 amide bonds. The van der Waals surface area contributed by atoms with E-state index in [0.717, 1.165) is 0 Å². The molecule has 18 nitrogen and oxygen atoms in total. The number of ketones is 3. The molecule has 2 atom stereocenters. The van der Waals surface area contributed by atoms with E-state index in [0.29, 0.717) is 43.1 Å². The number of nitrogens with one attached hydrogen (secondary N) is 1. The van der Waals surface area contributed by atoms with Crippen molar-refractivity contribution in [3.63, 3.8) is 0 Å². The fraction of sp³-hybridized carbons (Fsp3) is 0.600. The van der Waals surface area contributed by atoms with E-state index < -0.39 is 46.8 Å². The van der Waals surface area contributed by atoms with Gasteiger partial charge in [0.15, 0.2) is 23.5 Å². The second kappa shape index (κ2) is 30.1. The molecule has 1 aromatic carbocycles. The smallest absolute Gasteiger partial charge is 0.756 e. The van der Waals surface area contributed by atoms with Crippen molar-refractivity contribution < 1.29 is 111 Å². The number of phosphoric ester groups is 1. The largest absolute Gasteiger partial charge is 1.00 e. The first kappa shape index (κ1) is 48.6. The Kier molecular flexibility index (Phi) is 28.7. The van der Waals surface area contributed by atoms with Gasteiger partial charge in [-0.1, -0.05) is 30.7 Å². The molecule has 2 unspecified atom stereocenters. The molecular weight excluding hydrogens is 711 g/mol. The minimum atomic E-state index is -4.78. The van der Waals surface area contributed by atoms with Crippen LogP contribution in [0.1, 0.15) is 55.3 Å². The van der Waals surface area contributed by atoms with Crippen LogP contribution in [0, 0.1) is 0 Å². The first-order chi connectivity index (χ1) is 24.0. The standard InChI is InChI=1S/C30H45BNO17P.Na/c33-22-46-19-28(47-23-34)20-49-50(41,42)48-14-12-32-30(38)21-44-16-15-43-13-4-6-27(36)18-45-17-26(35)5-2-1-3-7-29(37)24-8-10-25(11-9-24)31(39)40;/h8-11,22-23,28,39-40H,1-7,12-21H2,(H,32,38)(H,41,42);/q;+1/p-1. The maximum absolute atomic E-state index is 12.2. The van der Waals surface area contributed by atoms with Crippen molar-refractivity contribution in [3.05, 3.63) is 29.8 Å². The summed E-state index contributed by atoms with van der Waals surface area (Å²) in [5.74, 6) is -0.922. The predicted molar refractivity (Wildman–Crippen MR) is 171 cm³/mol. The summed E-state index contributed by atoms with van der Waals surface area (Å²) in [6, 6.07) is 6.05. The molecule has 0 aliphatic heterocycles. The van der Waals surface area contributed by atoms with Gasteiger partial charge in [-0.3, -0.25) is 33.3 Å². The third-order valence-corrected chi connectivity index (χ3v) is 7.42. The minimum Gasteiger partial charge on any atom is -0.756 e. The van der Waals surface area contributed by atoms with E-state index in [-0.39, 0.29) is 119 Å². The summed E-state index contributed by atoms with van der Waals surface area (Å²) in [6.07, 6.45) is 1.93. The van der Waals surface area contributed by atoms with Crippen LogP contribution in [0.15, 0.2) is 24.3 Å². The van der Waals surface area contributed by atoms with Gasteiger partial charge in [-0.05, 0) is 24.7 Å². The Hall–Kier alpha value is -2.39. The second-order valence-electron chi connectivity index (χ2n) is 10.5. The summed E-state index contributed by atoms with van der Waals surface area (Å²) < 4.78 is 45.4. The Morgan fingerprint density at radius 3 is 2.08 bits per heavy atom. The number of benzene rings is 1. The Bertz CT molecular complexity index is 1220. The van der Waals surface area contributed by atoms with Crippen LogP contribution < -0.4 is 45.2 Å². The van der Waals surface area contributed by atoms with Crippen LogP contribution in [0.5, 0.6) is 0 Å². The molecule has 0 saturated carbocycles. The molecule has 51 heavy (non-hydrogen) atoms. The van der Waals surface area contributed by atoms with Gasteiger partial charge in [-0.15, -0.1) is 0 Å². The summed E-state index contributed by atoms with van der Waals surface area (Å²) >= 11 is 0. The zero-order chi connectivity index (χ0) is 37.0. The van der Waals surface area contributed by atoms with Crippen LogP contribution >= 0.6 is 7.82 Å². The van der Waals surface area contributed by atoms with Gasteiger partial charge in [0.1, 0.15) is 26.4 Å². The maximum atomic E-state index is 12.2. The Morgan fingerprint density at radius 2 is 1.43 bits per heavy atom. The molecule has 0 spiro atoms. The SMILES string of the molecule is O=COCC(COP(=O)([O-])OCCNC(=O)COCCOCCCC(=O)COCC(=O)CCCCCC(=O)c1ccc(B(O)O)cc1)OC=O.[Na+]. The van der Waals surface area contributed by atoms with Crippen molar-refractivity contribution in [1.29, 1.82) is 0 Å². The number of rotatable bonds is 33. The number of Topliss-reactive ketones (excluding diaryl/α,β-unsaturated/α-hetero) is 3. The fourth-order valence-electron chi connectivity index (χ4n) is 3.91.